The smallest absolute Gasteiger partial charge is 0.123 e. The standard InChI is InChI=1S/C20H19FN2O/c21-18-8-4-7-17(12-18)15-24-20-11-5-6-16(13-20)14-22-23-19-9-2-1-3-10-19/h1-13,22-23H,14-15H2. The summed E-state index contributed by atoms with van der Waals surface area (Å²) in [5, 5.41) is 0. The van der Waals surface area contributed by atoms with Crippen LogP contribution in [0.5, 0.6) is 5.75 Å². The Labute approximate surface area is 141 Å². The molecule has 0 saturated heterocycles. The molecule has 0 bridgehead atoms. The third kappa shape index (κ3) is 4.83. The molecule has 4 heteroatoms. The summed E-state index contributed by atoms with van der Waals surface area (Å²) in [4.78, 5) is 0. The molecule has 3 rings (SSSR count). The highest BCUT2D eigenvalue weighted by atomic mass is 19.1. The number of hydrogen-bond acceptors (Lipinski definition) is 3. The van der Waals surface area contributed by atoms with Crippen LogP contribution in [0.2, 0.25) is 0 Å². The fourth-order valence-corrected chi connectivity index (χ4v) is 2.31. The SMILES string of the molecule is Fc1cccc(COc2cccc(CNNc3ccccc3)c2)c1. The maximum atomic E-state index is 13.2. The minimum absolute atomic E-state index is 0.249. The monoisotopic (exact) mass is 322 g/mol. The van der Waals surface area contributed by atoms with Gasteiger partial charge in [0, 0.05) is 12.2 Å². The van der Waals surface area contributed by atoms with E-state index >= 15 is 0 Å². The number of rotatable bonds is 7. The molecule has 3 aromatic rings. The molecular weight excluding hydrogens is 303 g/mol. The van der Waals surface area contributed by atoms with Crippen LogP contribution in [-0.4, -0.2) is 0 Å². The number of benzene rings is 3. The van der Waals surface area contributed by atoms with E-state index in [0.717, 1.165) is 22.6 Å². The highest BCUT2D eigenvalue weighted by Gasteiger charge is 2.00. The Balaban J connectivity index is 1.52. The minimum Gasteiger partial charge on any atom is -0.489 e. The van der Waals surface area contributed by atoms with Gasteiger partial charge in [-0.25, -0.2) is 9.82 Å². The molecule has 0 aliphatic heterocycles. The third-order valence-corrected chi connectivity index (χ3v) is 3.49. The fourth-order valence-electron chi connectivity index (χ4n) is 2.31. The number of hydrazine groups is 1. The van der Waals surface area contributed by atoms with E-state index in [-0.39, 0.29) is 5.82 Å². The Bertz CT molecular complexity index is 777. The summed E-state index contributed by atoms with van der Waals surface area (Å²) in [6.07, 6.45) is 0. The highest BCUT2D eigenvalue weighted by molar-refractivity contribution is 5.41. The van der Waals surface area contributed by atoms with Crippen molar-refractivity contribution in [2.45, 2.75) is 13.2 Å². The van der Waals surface area contributed by atoms with E-state index < -0.39 is 0 Å². The molecule has 0 radical (unpaired) electrons. The fraction of sp³-hybridized carbons (Fsp3) is 0.100. The van der Waals surface area contributed by atoms with Gasteiger partial charge in [-0.15, -0.1) is 0 Å². The van der Waals surface area contributed by atoms with Crippen LogP contribution in [0.3, 0.4) is 0 Å². The van der Waals surface area contributed by atoms with Crippen LogP contribution >= 0.6 is 0 Å². The zero-order valence-electron chi connectivity index (χ0n) is 13.2. The number of anilines is 1. The van der Waals surface area contributed by atoms with E-state index in [9.17, 15) is 4.39 Å². The number of halogens is 1. The first kappa shape index (κ1) is 16.0. The van der Waals surface area contributed by atoms with Crippen LogP contribution in [0.1, 0.15) is 11.1 Å². The van der Waals surface area contributed by atoms with Gasteiger partial charge in [0.1, 0.15) is 18.2 Å². The Morgan fingerprint density at radius 1 is 0.792 bits per heavy atom. The minimum atomic E-state index is -0.249. The van der Waals surface area contributed by atoms with Crippen LogP contribution in [0.4, 0.5) is 10.1 Å². The van der Waals surface area contributed by atoms with E-state index in [1.807, 2.05) is 60.7 Å². The molecule has 0 aromatic heterocycles. The van der Waals surface area contributed by atoms with Gasteiger partial charge in [-0.2, -0.15) is 0 Å². The topological polar surface area (TPSA) is 33.3 Å². The largest absolute Gasteiger partial charge is 0.489 e. The molecule has 122 valence electrons. The third-order valence-electron chi connectivity index (χ3n) is 3.49. The van der Waals surface area contributed by atoms with E-state index in [1.165, 1.54) is 12.1 Å². The quantitative estimate of drug-likeness (QED) is 0.627. The lowest BCUT2D eigenvalue weighted by molar-refractivity contribution is 0.305. The second-order valence-corrected chi connectivity index (χ2v) is 5.41. The Morgan fingerprint density at radius 2 is 1.58 bits per heavy atom. The molecule has 0 fully saturated rings. The van der Waals surface area contributed by atoms with Crippen molar-refractivity contribution >= 4 is 5.69 Å². The molecule has 0 unspecified atom stereocenters. The molecule has 0 heterocycles. The predicted molar refractivity (Wildman–Crippen MR) is 94.1 cm³/mol. The molecule has 0 aliphatic rings. The molecular formula is C20H19FN2O. The van der Waals surface area contributed by atoms with Crippen molar-refractivity contribution in [3.63, 3.8) is 0 Å². The summed E-state index contributed by atoms with van der Waals surface area (Å²) < 4.78 is 18.9. The van der Waals surface area contributed by atoms with Gasteiger partial charge >= 0.3 is 0 Å². The lowest BCUT2D eigenvalue weighted by Crippen LogP contribution is -2.20. The molecule has 0 saturated carbocycles. The van der Waals surface area contributed by atoms with Crippen LogP contribution in [0, 0.1) is 5.82 Å². The predicted octanol–water partition coefficient (Wildman–Crippen LogP) is 4.52. The average Bonchev–Trinajstić information content (AvgIpc) is 2.61. The summed E-state index contributed by atoms with van der Waals surface area (Å²) in [5.74, 6) is 0.513. The molecule has 2 N–H and O–H groups in total. The van der Waals surface area contributed by atoms with Gasteiger partial charge in [-0.1, -0.05) is 42.5 Å². The van der Waals surface area contributed by atoms with Gasteiger partial charge in [0.2, 0.25) is 0 Å². The average molecular weight is 322 g/mol. The first-order valence-corrected chi connectivity index (χ1v) is 7.80. The van der Waals surface area contributed by atoms with Crippen molar-refractivity contribution in [3.8, 4) is 5.75 Å². The maximum absolute atomic E-state index is 13.2. The summed E-state index contributed by atoms with van der Waals surface area (Å²) >= 11 is 0. The zero-order chi connectivity index (χ0) is 16.6. The van der Waals surface area contributed by atoms with E-state index in [1.54, 1.807) is 6.07 Å². The molecule has 0 amide bonds. The molecule has 3 nitrogen and oxygen atoms in total. The van der Waals surface area contributed by atoms with Gasteiger partial charge in [-0.3, -0.25) is 0 Å². The Kier molecular flexibility index (Phi) is 5.43. The van der Waals surface area contributed by atoms with Crippen LogP contribution in [0.25, 0.3) is 0 Å². The summed E-state index contributed by atoms with van der Waals surface area (Å²) in [6, 6.07) is 24.2. The lowest BCUT2D eigenvalue weighted by atomic mass is 10.2. The number of para-hydroxylation sites is 1. The molecule has 24 heavy (non-hydrogen) atoms. The second kappa shape index (κ2) is 8.13. The first-order valence-electron chi connectivity index (χ1n) is 7.80. The van der Waals surface area contributed by atoms with Gasteiger partial charge in [0.25, 0.3) is 0 Å². The van der Waals surface area contributed by atoms with Crippen molar-refractivity contribution in [1.82, 2.24) is 5.43 Å². The zero-order valence-corrected chi connectivity index (χ0v) is 13.2. The van der Waals surface area contributed by atoms with Crippen LogP contribution in [0.15, 0.2) is 78.9 Å². The normalized spacial score (nSPS) is 10.4. The summed E-state index contributed by atoms with van der Waals surface area (Å²) in [7, 11) is 0. The van der Waals surface area contributed by atoms with Crippen molar-refractivity contribution in [1.29, 1.82) is 0 Å². The summed E-state index contributed by atoms with van der Waals surface area (Å²) in [6.45, 7) is 1.00. The van der Waals surface area contributed by atoms with Crippen molar-refractivity contribution < 1.29 is 9.13 Å². The molecule has 0 spiro atoms. The summed E-state index contributed by atoms with van der Waals surface area (Å²) in [5.41, 5.74) is 9.23. The Hall–Kier alpha value is -2.85. The number of nitrogens with one attached hydrogen (secondary N) is 2. The molecule has 3 aromatic carbocycles. The van der Waals surface area contributed by atoms with Gasteiger partial charge in [0.05, 0.1) is 0 Å². The van der Waals surface area contributed by atoms with Crippen molar-refractivity contribution in [2.24, 2.45) is 0 Å². The van der Waals surface area contributed by atoms with E-state index in [2.05, 4.69) is 10.9 Å². The number of hydrogen-bond donors (Lipinski definition) is 2. The first-order chi connectivity index (χ1) is 11.8. The Morgan fingerprint density at radius 3 is 2.42 bits per heavy atom. The van der Waals surface area contributed by atoms with Gasteiger partial charge < -0.3 is 10.2 Å². The highest BCUT2D eigenvalue weighted by Crippen LogP contribution is 2.16. The van der Waals surface area contributed by atoms with E-state index in [0.29, 0.717) is 13.2 Å². The van der Waals surface area contributed by atoms with Crippen molar-refractivity contribution in [2.75, 3.05) is 5.43 Å². The van der Waals surface area contributed by atoms with Gasteiger partial charge in [0.15, 0.2) is 0 Å². The second-order valence-electron chi connectivity index (χ2n) is 5.41. The number of ether oxygens (including phenoxy) is 1. The maximum Gasteiger partial charge on any atom is 0.123 e. The van der Waals surface area contributed by atoms with Crippen molar-refractivity contribution in [3.05, 3.63) is 95.8 Å². The van der Waals surface area contributed by atoms with Gasteiger partial charge in [-0.05, 0) is 47.5 Å². The lowest BCUT2D eigenvalue weighted by Gasteiger charge is -2.10. The molecule has 0 aliphatic carbocycles. The van der Waals surface area contributed by atoms with E-state index in [4.69, 9.17) is 4.74 Å². The van der Waals surface area contributed by atoms with Crippen LogP contribution in [-0.2, 0) is 13.2 Å². The molecule has 0 atom stereocenters. The van der Waals surface area contributed by atoms with Crippen LogP contribution < -0.4 is 15.6 Å².